The molecule has 1 amide bonds. The zero-order chi connectivity index (χ0) is 18.7. The zero-order valence-corrected chi connectivity index (χ0v) is 16.4. The predicted octanol–water partition coefficient (Wildman–Crippen LogP) is 4.20. The van der Waals surface area contributed by atoms with Crippen molar-refractivity contribution < 1.29 is 4.79 Å². The fourth-order valence-corrected chi connectivity index (χ4v) is 6.63. The maximum atomic E-state index is 13.7. The molecule has 4 heterocycles. The summed E-state index contributed by atoms with van der Waals surface area (Å²) in [6.07, 6.45) is 12.2. The van der Waals surface area contributed by atoms with E-state index in [4.69, 9.17) is 0 Å². The van der Waals surface area contributed by atoms with Crippen molar-refractivity contribution in [1.82, 2.24) is 14.8 Å². The topological polar surface area (TPSA) is 39.3 Å². The number of nitrogens with zero attached hydrogens (tertiary/aromatic N) is 2. The molecule has 3 aliphatic heterocycles. The van der Waals surface area contributed by atoms with Gasteiger partial charge in [-0.25, -0.2) is 0 Å². The number of benzene rings is 1. The summed E-state index contributed by atoms with van der Waals surface area (Å²) in [6.45, 7) is 3.33. The molecule has 1 aliphatic carbocycles. The van der Waals surface area contributed by atoms with Crippen molar-refractivity contribution in [2.75, 3.05) is 19.6 Å². The molecule has 2 bridgehead atoms. The Hall–Kier alpha value is -2.07. The van der Waals surface area contributed by atoms with E-state index in [2.05, 4.69) is 26.9 Å². The molecule has 3 fully saturated rings. The molecule has 4 heteroatoms. The number of fused-ring (bicyclic) bond motifs is 7. The lowest BCUT2D eigenvalue weighted by molar-refractivity contribution is 0.00153. The number of nitrogens with one attached hydrogen (secondary N) is 1. The molecule has 4 nitrogen and oxygen atoms in total. The van der Waals surface area contributed by atoms with Gasteiger partial charge in [0.15, 0.2) is 0 Å². The van der Waals surface area contributed by atoms with Gasteiger partial charge in [0.1, 0.15) is 0 Å². The Balaban J connectivity index is 1.36. The van der Waals surface area contributed by atoms with E-state index >= 15 is 0 Å². The molecule has 4 aliphatic rings. The van der Waals surface area contributed by atoms with Gasteiger partial charge in [0.25, 0.3) is 5.91 Å². The highest BCUT2D eigenvalue weighted by molar-refractivity contribution is 6.06. The summed E-state index contributed by atoms with van der Waals surface area (Å²) >= 11 is 0. The number of aromatic nitrogens is 1. The third-order valence-electron chi connectivity index (χ3n) is 7.74. The SMILES string of the molecule is O=C(c1cccc2[nH]ccc12)N1CCCC2=C[C@@H]3C[C@H](CN4CCCC[C@@H]34)[C@H]21. The molecule has 1 N–H and O–H groups in total. The van der Waals surface area contributed by atoms with E-state index in [9.17, 15) is 4.79 Å². The van der Waals surface area contributed by atoms with Crippen LogP contribution in [0.25, 0.3) is 10.9 Å². The Labute approximate surface area is 166 Å². The first-order valence-electron chi connectivity index (χ1n) is 11.1. The van der Waals surface area contributed by atoms with Crippen molar-refractivity contribution >= 4 is 16.8 Å². The average molecular weight is 376 g/mol. The number of carbonyl (C=O) groups excluding carboxylic acids is 1. The van der Waals surface area contributed by atoms with E-state index in [1.807, 2.05) is 24.4 Å². The summed E-state index contributed by atoms with van der Waals surface area (Å²) in [6, 6.07) is 9.18. The summed E-state index contributed by atoms with van der Waals surface area (Å²) in [5.41, 5.74) is 3.47. The molecular formula is C24H29N3O. The highest BCUT2D eigenvalue weighted by Crippen LogP contribution is 2.45. The normalized spacial score (nSPS) is 32.6. The van der Waals surface area contributed by atoms with Crippen molar-refractivity contribution in [3.8, 4) is 0 Å². The lowest BCUT2D eigenvalue weighted by Crippen LogP contribution is -2.60. The van der Waals surface area contributed by atoms with Crippen LogP contribution in [0.5, 0.6) is 0 Å². The number of carbonyl (C=O) groups is 1. The van der Waals surface area contributed by atoms with Gasteiger partial charge >= 0.3 is 0 Å². The number of piperidine rings is 3. The quantitative estimate of drug-likeness (QED) is 0.759. The minimum absolute atomic E-state index is 0.222. The molecule has 2 aromatic rings. The second kappa shape index (κ2) is 6.48. The zero-order valence-electron chi connectivity index (χ0n) is 16.4. The van der Waals surface area contributed by atoms with Crippen molar-refractivity contribution in [3.63, 3.8) is 0 Å². The molecule has 6 rings (SSSR count). The second-order valence-corrected chi connectivity index (χ2v) is 9.25. The second-order valence-electron chi connectivity index (χ2n) is 9.25. The standard InChI is InChI=1S/C24H29N3O/c28-24(20-6-3-7-21-19(20)9-10-25-21)27-12-4-5-16-13-17-14-18(23(16)27)15-26-11-2-1-8-22(17)26/h3,6-7,9-10,13,17-18,22-23,25H,1-2,4-5,8,11-12,14-15H2/t17-,18-,22+,23+/m1/s1. The van der Waals surface area contributed by atoms with Crippen LogP contribution in [0.3, 0.4) is 0 Å². The molecule has 1 aromatic carbocycles. The monoisotopic (exact) mass is 375 g/mol. The lowest BCUT2D eigenvalue weighted by atomic mass is 9.68. The highest BCUT2D eigenvalue weighted by Gasteiger charge is 2.47. The third-order valence-corrected chi connectivity index (χ3v) is 7.74. The Bertz CT molecular complexity index is 944. The van der Waals surface area contributed by atoms with Crippen LogP contribution in [0.1, 0.15) is 48.9 Å². The summed E-state index contributed by atoms with van der Waals surface area (Å²) in [7, 11) is 0. The molecule has 0 saturated carbocycles. The van der Waals surface area contributed by atoms with Crippen molar-refractivity contribution in [2.45, 2.75) is 50.6 Å². The van der Waals surface area contributed by atoms with E-state index in [1.165, 1.54) is 45.2 Å². The Morgan fingerprint density at radius 1 is 1.11 bits per heavy atom. The predicted molar refractivity (Wildman–Crippen MR) is 111 cm³/mol. The molecule has 0 radical (unpaired) electrons. The van der Waals surface area contributed by atoms with Crippen LogP contribution in [0.15, 0.2) is 42.1 Å². The molecular weight excluding hydrogens is 346 g/mol. The summed E-state index contributed by atoms with van der Waals surface area (Å²) in [5, 5.41) is 1.05. The number of rotatable bonds is 1. The number of aromatic amines is 1. The highest BCUT2D eigenvalue weighted by atomic mass is 16.2. The number of likely N-dealkylation sites (tertiary alicyclic amines) is 1. The van der Waals surface area contributed by atoms with Crippen LogP contribution in [-0.2, 0) is 0 Å². The van der Waals surface area contributed by atoms with Gasteiger partial charge < -0.3 is 9.88 Å². The smallest absolute Gasteiger partial charge is 0.255 e. The molecule has 4 atom stereocenters. The van der Waals surface area contributed by atoms with E-state index in [0.29, 0.717) is 17.9 Å². The Morgan fingerprint density at radius 3 is 3.04 bits per heavy atom. The van der Waals surface area contributed by atoms with Gasteiger partial charge in [-0.3, -0.25) is 9.69 Å². The van der Waals surface area contributed by atoms with Gasteiger partial charge in [0.2, 0.25) is 0 Å². The maximum Gasteiger partial charge on any atom is 0.255 e. The minimum atomic E-state index is 0.222. The number of amides is 1. The van der Waals surface area contributed by atoms with Gasteiger partial charge in [0, 0.05) is 41.8 Å². The van der Waals surface area contributed by atoms with Crippen LogP contribution >= 0.6 is 0 Å². The van der Waals surface area contributed by atoms with Crippen LogP contribution in [0.4, 0.5) is 0 Å². The molecule has 28 heavy (non-hydrogen) atoms. The summed E-state index contributed by atoms with van der Waals surface area (Å²) in [4.78, 5) is 21.9. The van der Waals surface area contributed by atoms with E-state index in [0.717, 1.165) is 35.5 Å². The van der Waals surface area contributed by atoms with Crippen LogP contribution < -0.4 is 0 Å². The fraction of sp³-hybridized carbons (Fsp3) is 0.542. The molecule has 1 aromatic heterocycles. The largest absolute Gasteiger partial charge is 0.361 e. The van der Waals surface area contributed by atoms with Crippen LogP contribution in [0, 0.1) is 11.8 Å². The van der Waals surface area contributed by atoms with E-state index in [1.54, 1.807) is 5.57 Å². The van der Waals surface area contributed by atoms with Gasteiger partial charge in [0.05, 0.1) is 6.04 Å². The number of hydrogen-bond acceptors (Lipinski definition) is 2. The number of H-pyrrole nitrogens is 1. The van der Waals surface area contributed by atoms with Gasteiger partial charge in [-0.15, -0.1) is 0 Å². The Kier molecular flexibility index (Phi) is 3.90. The van der Waals surface area contributed by atoms with Crippen molar-refractivity contribution in [2.24, 2.45) is 11.8 Å². The van der Waals surface area contributed by atoms with E-state index in [-0.39, 0.29) is 5.91 Å². The molecule has 0 spiro atoms. The van der Waals surface area contributed by atoms with Crippen molar-refractivity contribution in [3.05, 3.63) is 47.7 Å². The van der Waals surface area contributed by atoms with Gasteiger partial charge in [-0.2, -0.15) is 0 Å². The minimum Gasteiger partial charge on any atom is -0.361 e. The van der Waals surface area contributed by atoms with Gasteiger partial charge in [-0.1, -0.05) is 24.1 Å². The third kappa shape index (κ3) is 2.50. The van der Waals surface area contributed by atoms with Gasteiger partial charge in [-0.05, 0) is 68.7 Å². The summed E-state index contributed by atoms with van der Waals surface area (Å²) in [5.74, 6) is 1.54. The molecule has 0 unspecified atom stereocenters. The molecule has 3 saturated heterocycles. The Morgan fingerprint density at radius 2 is 2.07 bits per heavy atom. The van der Waals surface area contributed by atoms with Crippen LogP contribution in [0.2, 0.25) is 0 Å². The average Bonchev–Trinajstić information content (AvgIpc) is 3.22. The van der Waals surface area contributed by atoms with Crippen LogP contribution in [-0.4, -0.2) is 52.4 Å². The first-order valence-corrected chi connectivity index (χ1v) is 11.1. The van der Waals surface area contributed by atoms with Crippen molar-refractivity contribution in [1.29, 1.82) is 0 Å². The lowest BCUT2D eigenvalue weighted by Gasteiger charge is -2.54. The number of hydrogen-bond donors (Lipinski definition) is 1. The fourth-order valence-electron chi connectivity index (χ4n) is 6.63. The maximum absolute atomic E-state index is 13.7. The molecule has 146 valence electrons. The van der Waals surface area contributed by atoms with E-state index < -0.39 is 0 Å². The summed E-state index contributed by atoms with van der Waals surface area (Å²) < 4.78 is 0. The first kappa shape index (κ1) is 16.8. The first-order chi connectivity index (χ1) is 13.8.